The number of carbonyl (C=O) groups excluding carboxylic acids is 1. The van der Waals surface area contributed by atoms with Crippen molar-refractivity contribution in [3.63, 3.8) is 0 Å². The van der Waals surface area contributed by atoms with E-state index in [4.69, 9.17) is 5.73 Å². The summed E-state index contributed by atoms with van der Waals surface area (Å²) >= 11 is 0. The van der Waals surface area contributed by atoms with E-state index in [1.165, 1.54) is 22.7 Å². The largest absolute Gasteiger partial charge is 0.434 e. The standard InChI is InChI=1S/C20H14F3N5O/c1-11-4-5-12(9-14(11)19(24)29)16-10-28-17(26-16)7-6-15(27-28)13-3-2-8-25-18(13)20(21,22)23/h2-10H,1H3,(H2,24,29). The van der Waals surface area contributed by atoms with Crippen LogP contribution in [0.5, 0.6) is 0 Å². The predicted octanol–water partition coefficient (Wildman–Crippen LogP) is 3.88. The number of halogens is 3. The van der Waals surface area contributed by atoms with Gasteiger partial charge in [-0.25, -0.2) is 9.50 Å². The Morgan fingerprint density at radius 2 is 1.90 bits per heavy atom. The lowest BCUT2D eigenvalue weighted by molar-refractivity contribution is -0.140. The zero-order valence-electron chi connectivity index (χ0n) is 15.1. The fourth-order valence-electron chi connectivity index (χ4n) is 3.05. The summed E-state index contributed by atoms with van der Waals surface area (Å²) in [5.74, 6) is -0.551. The van der Waals surface area contributed by atoms with E-state index in [1.807, 2.05) is 0 Å². The van der Waals surface area contributed by atoms with E-state index < -0.39 is 17.8 Å². The molecule has 0 aliphatic carbocycles. The number of nitrogens with zero attached hydrogens (tertiary/aromatic N) is 4. The number of aromatic nitrogens is 4. The molecule has 29 heavy (non-hydrogen) atoms. The van der Waals surface area contributed by atoms with Gasteiger partial charge in [-0.2, -0.15) is 18.3 Å². The van der Waals surface area contributed by atoms with Crippen LogP contribution in [0, 0.1) is 6.92 Å². The Bertz CT molecular complexity index is 1250. The van der Waals surface area contributed by atoms with Crippen LogP contribution in [0.4, 0.5) is 13.2 Å². The van der Waals surface area contributed by atoms with E-state index in [0.29, 0.717) is 22.5 Å². The van der Waals surface area contributed by atoms with Crippen molar-refractivity contribution in [3.05, 3.63) is 71.7 Å². The van der Waals surface area contributed by atoms with E-state index in [2.05, 4.69) is 15.1 Å². The fourth-order valence-corrected chi connectivity index (χ4v) is 3.05. The monoisotopic (exact) mass is 397 g/mol. The van der Waals surface area contributed by atoms with Crippen molar-refractivity contribution in [2.24, 2.45) is 5.73 Å². The molecule has 1 amide bonds. The van der Waals surface area contributed by atoms with Crippen molar-refractivity contribution in [1.82, 2.24) is 19.6 Å². The molecule has 4 rings (SSSR count). The lowest BCUT2D eigenvalue weighted by Gasteiger charge is -2.10. The van der Waals surface area contributed by atoms with E-state index in [0.717, 1.165) is 11.8 Å². The molecule has 9 heteroatoms. The number of nitrogens with two attached hydrogens (primary N) is 1. The van der Waals surface area contributed by atoms with Gasteiger partial charge in [0.2, 0.25) is 5.91 Å². The minimum atomic E-state index is -4.60. The second-order valence-electron chi connectivity index (χ2n) is 6.44. The van der Waals surface area contributed by atoms with Crippen LogP contribution in [0.25, 0.3) is 28.2 Å². The number of hydrogen-bond donors (Lipinski definition) is 1. The van der Waals surface area contributed by atoms with Gasteiger partial charge in [0.1, 0.15) is 0 Å². The third kappa shape index (κ3) is 3.42. The highest BCUT2D eigenvalue weighted by Gasteiger charge is 2.35. The van der Waals surface area contributed by atoms with Crippen LogP contribution in [0.2, 0.25) is 0 Å². The quantitative estimate of drug-likeness (QED) is 0.568. The number of aryl methyl sites for hydroxylation is 1. The number of pyridine rings is 1. The first kappa shape index (κ1) is 18.6. The third-order valence-electron chi connectivity index (χ3n) is 4.47. The van der Waals surface area contributed by atoms with Gasteiger partial charge in [0.25, 0.3) is 0 Å². The van der Waals surface area contributed by atoms with Crippen molar-refractivity contribution in [2.75, 3.05) is 0 Å². The smallest absolute Gasteiger partial charge is 0.366 e. The Balaban J connectivity index is 1.81. The second kappa shape index (κ2) is 6.69. The normalized spacial score (nSPS) is 11.7. The molecule has 0 fully saturated rings. The third-order valence-corrected chi connectivity index (χ3v) is 4.47. The maximum atomic E-state index is 13.3. The lowest BCUT2D eigenvalue weighted by Crippen LogP contribution is -2.12. The van der Waals surface area contributed by atoms with Crippen LogP contribution in [0.3, 0.4) is 0 Å². The van der Waals surface area contributed by atoms with Gasteiger partial charge in [0, 0.05) is 22.9 Å². The molecule has 0 aliphatic heterocycles. The van der Waals surface area contributed by atoms with E-state index >= 15 is 0 Å². The Labute approximate surface area is 162 Å². The molecule has 0 unspecified atom stereocenters. The Hall–Kier alpha value is -3.75. The molecule has 0 radical (unpaired) electrons. The maximum Gasteiger partial charge on any atom is 0.434 e. The molecule has 0 spiro atoms. The number of rotatable bonds is 3. The number of hydrogen-bond acceptors (Lipinski definition) is 4. The summed E-state index contributed by atoms with van der Waals surface area (Å²) in [6.45, 7) is 1.77. The fraction of sp³-hybridized carbons (Fsp3) is 0.100. The predicted molar refractivity (Wildman–Crippen MR) is 99.9 cm³/mol. The molecule has 0 aliphatic rings. The average molecular weight is 397 g/mol. The molecule has 3 heterocycles. The van der Waals surface area contributed by atoms with Gasteiger partial charge < -0.3 is 5.73 Å². The molecule has 6 nitrogen and oxygen atoms in total. The zero-order chi connectivity index (χ0) is 20.8. The van der Waals surface area contributed by atoms with Crippen molar-refractivity contribution < 1.29 is 18.0 Å². The van der Waals surface area contributed by atoms with Gasteiger partial charge in [-0.3, -0.25) is 9.78 Å². The number of imidazole rings is 1. The summed E-state index contributed by atoms with van der Waals surface area (Å²) in [5.41, 5.74) is 7.10. The maximum absolute atomic E-state index is 13.3. The van der Waals surface area contributed by atoms with Crippen LogP contribution in [0.15, 0.2) is 54.9 Å². The highest BCUT2D eigenvalue weighted by molar-refractivity contribution is 5.95. The summed E-state index contributed by atoms with van der Waals surface area (Å²) < 4.78 is 41.2. The van der Waals surface area contributed by atoms with Crippen LogP contribution in [-0.4, -0.2) is 25.5 Å². The first-order valence-electron chi connectivity index (χ1n) is 8.54. The lowest BCUT2D eigenvalue weighted by atomic mass is 10.0. The second-order valence-corrected chi connectivity index (χ2v) is 6.44. The van der Waals surface area contributed by atoms with Gasteiger partial charge in [-0.05, 0) is 42.8 Å². The number of amides is 1. The van der Waals surface area contributed by atoms with Gasteiger partial charge in [-0.15, -0.1) is 0 Å². The summed E-state index contributed by atoms with van der Waals surface area (Å²) in [6.07, 6.45) is -1.92. The summed E-state index contributed by atoms with van der Waals surface area (Å²) in [4.78, 5) is 19.5. The van der Waals surface area contributed by atoms with Crippen molar-refractivity contribution >= 4 is 11.6 Å². The van der Waals surface area contributed by atoms with Gasteiger partial charge in [0.05, 0.1) is 17.6 Å². The minimum absolute atomic E-state index is 0.114. The SMILES string of the molecule is Cc1ccc(-c2cn3nc(-c4cccnc4C(F)(F)F)ccc3n2)cc1C(N)=O. The molecular weight excluding hydrogens is 383 g/mol. The number of fused-ring (bicyclic) bond motifs is 1. The molecule has 1 aromatic carbocycles. The Kier molecular flexibility index (Phi) is 4.30. The van der Waals surface area contributed by atoms with E-state index in [9.17, 15) is 18.0 Å². The summed E-state index contributed by atoms with van der Waals surface area (Å²) in [5, 5.41) is 4.26. The molecule has 2 N–H and O–H groups in total. The van der Waals surface area contributed by atoms with Crippen molar-refractivity contribution in [1.29, 1.82) is 0 Å². The molecule has 0 saturated carbocycles. The minimum Gasteiger partial charge on any atom is -0.366 e. The molecule has 4 aromatic rings. The highest BCUT2D eigenvalue weighted by Crippen LogP contribution is 2.34. The molecule has 0 atom stereocenters. The number of benzene rings is 1. The first-order chi connectivity index (χ1) is 13.7. The first-order valence-corrected chi connectivity index (χ1v) is 8.54. The average Bonchev–Trinajstić information content (AvgIpc) is 3.10. The van der Waals surface area contributed by atoms with Gasteiger partial charge in [0.15, 0.2) is 11.3 Å². The van der Waals surface area contributed by atoms with Crippen LogP contribution >= 0.6 is 0 Å². The number of primary amides is 1. The molecular formula is C20H14F3N5O. The Morgan fingerprint density at radius 1 is 1.10 bits per heavy atom. The zero-order valence-corrected chi connectivity index (χ0v) is 15.1. The molecule has 0 saturated heterocycles. The van der Waals surface area contributed by atoms with Gasteiger partial charge >= 0.3 is 6.18 Å². The molecule has 146 valence electrons. The van der Waals surface area contributed by atoms with Gasteiger partial charge in [-0.1, -0.05) is 12.1 Å². The Morgan fingerprint density at radius 3 is 2.62 bits per heavy atom. The van der Waals surface area contributed by atoms with Crippen LogP contribution in [0.1, 0.15) is 21.6 Å². The van der Waals surface area contributed by atoms with Crippen LogP contribution in [-0.2, 0) is 6.18 Å². The summed E-state index contributed by atoms with van der Waals surface area (Å²) in [6, 6.07) is 10.9. The summed E-state index contributed by atoms with van der Waals surface area (Å²) in [7, 11) is 0. The molecule has 3 aromatic heterocycles. The van der Waals surface area contributed by atoms with E-state index in [-0.39, 0.29) is 11.3 Å². The number of alkyl halides is 3. The van der Waals surface area contributed by atoms with Crippen LogP contribution < -0.4 is 5.73 Å². The van der Waals surface area contributed by atoms with E-state index in [1.54, 1.807) is 37.4 Å². The van der Waals surface area contributed by atoms with Crippen molar-refractivity contribution in [3.8, 4) is 22.5 Å². The highest BCUT2D eigenvalue weighted by atomic mass is 19.4. The van der Waals surface area contributed by atoms with Crippen molar-refractivity contribution in [2.45, 2.75) is 13.1 Å². The topological polar surface area (TPSA) is 86.2 Å². The number of carbonyl (C=O) groups is 1. The molecule has 0 bridgehead atoms.